The van der Waals surface area contributed by atoms with Crippen molar-refractivity contribution >= 4 is 23.4 Å². The van der Waals surface area contributed by atoms with Crippen LogP contribution in [-0.2, 0) is 4.74 Å². The van der Waals surface area contributed by atoms with Crippen LogP contribution in [0.2, 0.25) is 5.02 Å². The Bertz CT molecular complexity index is 1650. The van der Waals surface area contributed by atoms with Gasteiger partial charge in [-0.3, -0.25) is 5.32 Å². The number of carbonyl (C=O) groups excluding carboxylic acids is 1. The molecule has 0 aliphatic heterocycles. The number of benzene rings is 2. The van der Waals surface area contributed by atoms with Crippen molar-refractivity contribution in [2.24, 2.45) is 5.92 Å². The number of aromatic nitrogens is 4. The standard InChI is InChI=1S/C30H26ClN5O4/c1-39-30(37)34-22-8-4-19(5-9-22)26-14-33-29(35-26)25(12-18-2-3-18)27-11-6-20(16-36(27)38)24-13-21(31)7-10-23(24)28-15-32-17-40-28/h4-11,13-18,25H,2-3,12H2,1H3,(H,33,35)(H,34,37). The summed E-state index contributed by atoms with van der Waals surface area (Å²) >= 11 is 6.32. The van der Waals surface area contributed by atoms with E-state index in [0.29, 0.717) is 28.1 Å². The molecule has 1 fully saturated rings. The van der Waals surface area contributed by atoms with Crippen LogP contribution < -0.4 is 10.0 Å². The van der Waals surface area contributed by atoms with Crippen molar-refractivity contribution in [2.75, 3.05) is 12.4 Å². The second-order valence-corrected chi connectivity index (χ2v) is 10.3. The highest BCUT2D eigenvalue weighted by Gasteiger charge is 2.33. The number of hydrogen-bond donors (Lipinski definition) is 2. The average Bonchev–Trinajstić information content (AvgIpc) is 3.39. The van der Waals surface area contributed by atoms with Gasteiger partial charge in [0.1, 0.15) is 11.7 Å². The Hall–Kier alpha value is -4.63. The molecule has 5 aromatic rings. The van der Waals surface area contributed by atoms with Gasteiger partial charge in [-0.15, -0.1) is 0 Å². The number of rotatable bonds is 8. The van der Waals surface area contributed by atoms with Crippen molar-refractivity contribution in [1.82, 2.24) is 15.0 Å². The monoisotopic (exact) mass is 555 g/mol. The lowest BCUT2D eigenvalue weighted by molar-refractivity contribution is -0.614. The molecule has 1 unspecified atom stereocenters. The van der Waals surface area contributed by atoms with Crippen molar-refractivity contribution in [2.45, 2.75) is 25.2 Å². The highest BCUT2D eigenvalue weighted by Crippen LogP contribution is 2.41. The minimum absolute atomic E-state index is 0.193. The maximum absolute atomic E-state index is 13.5. The first-order valence-corrected chi connectivity index (χ1v) is 13.3. The molecule has 1 aliphatic carbocycles. The third-order valence-corrected chi connectivity index (χ3v) is 7.35. The summed E-state index contributed by atoms with van der Waals surface area (Å²) < 4.78 is 11.1. The van der Waals surface area contributed by atoms with Gasteiger partial charge in [0.05, 0.1) is 25.2 Å². The first-order valence-electron chi connectivity index (χ1n) is 12.9. The van der Waals surface area contributed by atoms with E-state index in [-0.39, 0.29) is 5.92 Å². The molecule has 40 heavy (non-hydrogen) atoms. The minimum Gasteiger partial charge on any atom is -0.618 e. The van der Waals surface area contributed by atoms with Gasteiger partial charge in [0.15, 0.2) is 18.4 Å². The van der Waals surface area contributed by atoms with E-state index in [1.54, 1.807) is 36.8 Å². The number of pyridine rings is 1. The van der Waals surface area contributed by atoms with E-state index in [4.69, 9.17) is 16.0 Å². The van der Waals surface area contributed by atoms with Crippen molar-refractivity contribution in [3.05, 3.63) is 101 Å². The molecule has 3 aromatic heterocycles. The van der Waals surface area contributed by atoms with Crippen LogP contribution in [0.3, 0.4) is 0 Å². The lowest BCUT2D eigenvalue weighted by atomic mass is 9.94. The van der Waals surface area contributed by atoms with Crippen LogP contribution in [0.25, 0.3) is 33.7 Å². The topological polar surface area (TPSA) is 120 Å². The number of carbonyl (C=O) groups is 1. The average molecular weight is 556 g/mol. The third kappa shape index (κ3) is 5.41. The van der Waals surface area contributed by atoms with Gasteiger partial charge in [0.25, 0.3) is 0 Å². The number of aromatic amines is 1. The summed E-state index contributed by atoms with van der Waals surface area (Å²) in [6.45, 7) is 0. The van der Waals surface area contributed by atoms with E-state index in [1.807, 2.05) is 36.4 Å². The molecule has 1 atom stereocenters. The number of hydrogen-bond acceptors (Lipinski definition) is 6. The zero-order valence-corrected chi connectivity index (χ0v) is 22.4. The SMILES string of the molecule is COC(=O)Nc1ccc(-c2cnc(C(CC3CC3)c3ccc(-c4cc(Cl)ccc4-c4cnco4)c[n+]3[O-])[nH]2)cc1. The molecule has 202 valence electrons. The van der Waals surface area contributed by atoms with Crippen molar-refractivity contribution in [1.29, 1.82) is 0 Å². The van der Waals surface area contributed by atoms with Gasteiger partial charge >= 0.3 is 6.09 Å². The highest BCUT2D eigenvalue weighted by molar-refractivity contribution is 6.31. The lowest BCUT2D eigenvalue weighted by Gasteiger charge is -2.16. The summed E-state index contributed by atoms with van der Waals surface area (Å²) in [4.78, 5) is 23.6. The predicted molar refractivity (Wildman–Crippen MR) is 151 cm³/mol. The quantitative estimate of drug-likeness (QED) is 0.160. The molecule has 1 saturated carbocycles. The van der Waals surface area contributed by atoms with Gasteiger partial charge in [0, 0.05) is 33.5 Å². The van der Waals surface area contributed by atoms with Gasteiger partial charge in [-0.2, -0.15) is 4.73 Å². The normalized spacial score (nSPS) is 13.7. The number of anilines is 1. The fourth-order valence-electron chi connectivity index (χ4n) is 4.86. The van der Waals surface area contributed by atoms with E-state index >= 15 is 0 Å². The third-order valence-electron chi connectivity index (χ3n) is 7.11. The predicted octanol–water partition coefficient (Wildman–Crippen LogP) is 6.80. The van der Waals surface area contributed by atoms with Gasteiger partial charge < -0.3 is 19.3 Å². The highest BCUT2D eigenvalue weighted by atomic mass is 35.5. The van der Waals surface area contributed by atoms with Crippen molar-refractivity contribution < 1.29 is 18.7 Å². The summed E-state index contributed by atoms with van der Waals surface area (Å²) in [6.07, 6.45) is 8.97. The molecule has 0 spiro atoms. The maximum atomic E-state index is 13.5. The van der Waals surface area contributed by atoms with Crippen LogP contribution in [0, 0.1) is 11.1 Å². The van der Waals surface area contributed by atoms with E-state index in [2.05, 4.69) is 25.0 Å². The van der Waals surface area contributed by atoms with Gasteiger partial charge in [0.2, 0.25) is 5.69 Å². The van der Waals surface area contributed by atoms with Crippen LogP contribution in [0.1, 0.15) is 36.7 Å². The number of nitrogens with one attached hydrogen (secondary N) is 2. The molecule has 2 N–H and O–H groups in total. The van der Waals surface area contributed by atoms with Crippen LogP contribution in [0.5, 0.6) is 0 Å². The van der Waals surface area contributed by atoms with E-state index in [0.717, 1.165) is 57.8 Å². The van der Waals surface area contributed by atoms with Crippen LogP contribution in [0.4, 0.5) is 10.5 Å². The molecule has 1 aliphatic rings. The summed E-state index contributed by atoms with van der Waals surface area (Å²) in [5.41, 5.74) is 5.28. The zero-order chi connectivity index (χ0) is 27.6. The number of H-pyrrole nitrogens is 1. The summed E-state index contributed by atoms with van der Waals surface area (Å²) in [6, 6.07) is 16.6. The van der Waals surface area contributed by atoms with Crippen molar-refractivity contribution in [3.63, 3.8) is 0 Å². The first kappa shape index (κ1) is 25.6. The summed E-state index contributed by atoms with van der Waals surface area (Å²) in [7, 11) is 1.32. The molecule has 2 aromatic carbocycles. The van der Waals surface area contributed by atoms with E-state index < -0.39 is 6.09 Å². The lowest BCUT2D eigenvalue weighted by Crippen LogP contribution is -2.34. The second kappa shape index (κ2) is 10.9. The fraction of sp³-hybridized carbons (Fsp3) is 0.200. The molecule has 0 saturated heterocycles. The van der Waals surface area contributed by atoms with Crippen molar-refractivity contribution in [3.8, 4) is 33.7 Å². The van der Waals surface area contributed by atoms with Crippen LogP contribution in [0.15, 0.2) is 84.0 Å². The van der Waals surface area contributed by atoms with Gasteiger partial charge in [-0.25, -0.2) is 14.8 Å². The molecule has 0 radical (unpaired) electrons. The number of oxazole rings is 1. The summed E-state index contributed by atoms with van der Waals surface area (Å²) in [5, 5.41) is 16.7. The Morgan fingerprint density at radius 1 is 1.15 bits per heavy atom. The van der Waals surface area contributed by atoms with Crippen LogP contribution >= 0.6 is 11.6 Å². The van der Waals surface area contributed by atoms with Gasteiger partial charge in [-0.1, -0.05) is 36.6 Å². The Morgan fingerprint density at radius 3 is 2.65 bits per heavy atom. The largest absolute Gasteiger partial charge is 0.618 e. The number of nitrogens with zero attached hydrogens (tertiary/aromatic N) is 3. The Kier molecular flexibility index (Phi) is 6.96. The second-order valence-electron chi connectivity index (χ2n) is 9.83. The Balaban J connectivity index is 1.30. The number of ether oxygens (including phenoxy) is 1. The zero-order valence-electron chi connectivity index (χ0n) is 21.6. The smallest absolute Gasteiger partial charge is 0.411 e. The molecule has 1 amide bonds. The van der Waals surface area contributed by atoms with E-state index in [1.165, 1.54) is 13.5 Å². The molecule has 10 heteroatoms. The Labute approximate surface area is 235 Å². The van der Waals surface area contributed by atoms with E-state index in [9.17, 15) is 10.0 Å². The number of halogens is 1. The molecule has 3 heterocycles. The molecule has 6 rings (SSSR count). The molecule has 9 nitrogen and oxygen atoms in total. The molecule has 0 bridgehead atoms. The van der Waals surface area contributed by atoms with Gasteiger partial charge in [-0.05, 0) is 54.3 Å². The maximum Gasteiger partial charge on any atom is 0.411 e. The fourth-order valence-corrected chi connectivity index (χ4v) is 5.03. The number of imidazole rings is 1. The Morgan fingerprint density at radius 2 is 1.95 bits per heavy atom. The first-order chi connectivity index (χ1) is 19.5. The van der Waals surface area contributed by atoms with Crippen LogP contribution in [-0.4, -0.2) is 28.2 Å². The summed E-state index contributed by atoms with van der Waals surface area (Å²) in [5.74, 6) is 1.70. The molecular weight excluding hydrogens is 530 g/mol. The number of methoxy groups -OCH3 is 1. The minimum atomic E-state index is -0.527. The number of amides is 1. The molecular formula is C30H26ClN5O4.